The largest absolute Gasteiger partial charge is 0.445 e. The average Bonchev–Trinajstić information content (AvgIpc) is 3.09. The number of nitrogens with two attached hydrogens (primary N) is 1. The van der Waals surface area contributed by atoms with Crippen LogP contribution in [0.25, 0.3) is 0 Å². The minimum Gasteiger partial charge on any atom is -0.445 e. The SMILES string of the molecule is CC(C)[C@@H](NC(=O)C(Cc1ccccc1)C[C@H](O)[C@H](Cc1ccccc1)NC(=O)[C@H](C)NC(=O)[C@H](C)NC(=O)OCc1ccccc1)C(N)=O. The molecule has 0 saturated heterocycles. The van der Waals surface area contributed by atoms with Gasteiger partial charge in [-0.2, -0.15) is 0 Å². The molecule has 12 nitrogen and oxygen atoms in total. The summed E-state index contributed by atoms with van der Waals surface area (Å²) in [6.07, 6.45) is -1.54. The fraction of sp³-hybridized carbons (Fsp3) is 0.395. The normalized spacial score (nSPS) is 14.6. The highest BCUT2D eigenvalue weighted by Crippen LogP contribution is 2.20. The monoisotopic (exact) mass is 687 g/mol. The van der Waals surface area contributed by atoms with Crippen molar-refractivity contribution in [2.45, 2.75) is 83.8 Å². The summed E-state index contributed by atoms with van der Waals surface area (Å²) < 4.78 is 5.18. The Balaban J connectivity index is 1.70. The molecule has 50 heavy (non-hydrogen) atoms. The second-order valence-corrected chi connectivity index (χ2v) is 12.8. The highest BCUT2D eigenvalue weighted by molar-refractivity contribution is 5.91. The quantitative estimate of drug-likeness (QED) is 0.119. The maximum atomic E-state index is 13.6. The van der Waals surface area contributed by atoms with Gasteiger partial charge in [-0.05, 0) is 55.7 Å². The van der Waals surface area contributed by atoms with E-state index in [1.165, 1.54) is 13.8 Å². The van der Waals surface area contributed by atoms with Gasteiger partial charge in [0, 0.05) is 5.92 Å². The Morgan fingerprint density at radius 3 is 1.64 bits per heavy atom. The van der Waals surface area contributed by atoms with Crippen molar-refractivity contribution in [2.75, 3.05) is 0 Å². The number of carbonyl (C=O) groups is 5. The van der Waals surface area contributed by atoms with Crippen LogP contribution in [0.4, 0.5) is 4.79 Å². The Morgan fingerprint density at radius 2 is 1.12 bits per heavy atom. The molecule has 0 saturated carbocycles. The Morgan fingerprint density at radius 1 is 0.640 bits per heavy atom. The average molecular weight is 688 g/mol. The van der Waals surface area contributed by atoms with Gasteiger partial charge < -0.3 is 36.8 Å². The molecule has 0 aromatic heterocycles. The number of ether oxygens (including phenoxy) is 1. The molecule has 3 rings (SSSR count). The second-order valence-electron chi connectivity index (χ2n) is 12.8. The predicted octanol–water partition coefficient (Wildman–Crippen LogP) is 2.77. The van der Waals surface area contributed by atoms with Gasteiger partial charge in [-0.15, -0.1) is 0 Å². The number of aliphatic hydroxyl groups is 1. The van der Waals surface area contributed by atoms with Crippen molar-refractivity contribution in [1.82, 2.24) is 21.3 Å². The Labute approximate surface area is 293 Å². The van der Waals surface area contributed by atoms with E-state index >= 15 is 0 Å². The summed E-state index contributed by atoms with van der Waals surface area (Å²) in [6, 6.07) is 23.8. The van der Waals surface area contributed by atoms with Crippen molar-refractivity contribution < 1.29 is 33.8 Å². The van der Waals surface area contributed by atoms with Crippen LogP contribution in [0.15, 0.2) is 91.0 Å². The van der Waals surface area contributed by atoms with Crippen LogP contribution in [0.2, 0.25) is 0 Å². The summed E-state index contributed by atoms with van der Waals surface area (Å²) in [5, 5.41) is 22.3. The molecule has 1 unspecified atom stereocenters. The van der Waals surface area contributed by atoms with Crippen LogP contribution >= 0.6 is 0 Å². The molecular formula is C38H49N5O7. The van der Waals surface area contributed by atoms with E-state index in [9.17, 15) is 29.1 Å². The van der Waals surface area contributed by atoms with Crippen molar-refractivity contribution >= 4 is 29.7 Å². The second kappa shape index (κ2) is 19.7. The summed E-state index contributed by atoms with van der Waals surface area (Å²) in [7, 11) is 0. The van der Waals surface area contributed by atoms with Crippen LogP contribution in [0.1, 0.15) is 50.8 Å². The molecule has 0 spiro atoms. The van der Waals surface area contributed by atoms with Crippen LogP contribution in [-0.2, 0) is 43.4 Å². The lowest BCUT2D eigenvalue weighted by Crippen LogP contribution is -2.55. The molecule has 0 aliphatic heterocycles. The van der Waals surface area contributed by atoms with Gasteiger partial charge in [0.05, 0.1) is 12.1 Å². The molecule has 7 N–H and O–H groups in total. The van der Waals surface area contributed by atoms with Crippen LogP contribution in [0.3, 0.4) is 0 Å². The van der Waals surface area contributed by atoms with E-state index in [1.807, 2.05) is 78.9 Å². The molecule has 5 amide bonds. The Hall–Kier alpha value is -5.23. The van der Waals surface area contributed by atoms with E-state index in [0.29, 0.717) is 0 Å². The molecule has 12 heteroatoms. The van der Waals surface area contributed by atoms with Crippen LogP contribution < -0.4 is 27.0 Å². The number of alkyl carbamates (subject to hydrolysis) is 1. The molecule has 0 radical (unpaired) electrons. The molecule has 0 heterocycles. The van der Waals surface area contributed by atoms with E-state index in [2.05, 4.69) is 21.3 Å². The Bertz CT molecular complexity index is 1540. The summed E-state index contributed by atoms with van der Waals surface area (Å²) >= 11 is 0. The summed E-state index contributed by atoms with van der Waals surface area (Å²) in [4.78, 5) is 64.2. The van der Waals surface area contributed by atoms with Gasteiger partial charge in [0.25, 0.3) is 0 Å². The first-order valence-corrected chi connectivity index (χ1v) is 16.8. The van der Waals surface area contributed by atoms with E-state index in [-0.39, 0.29) is 31.8 Å². The van der Waals surface area contributed by atoms with Gasteiger partial charge in [0.2, 0.25) is 23.6 Å². The maximum Gasteiger partial charge on any atom is 0.408 e. The molecule has 268 valence electrons. The van der Waals surface area contributed by atoms with Crippen LogP contribution in [-0.4, -0.2) is 65.1 Å². The summed E-state index contributed by atoms with van der Waals surface area (Å²) in [5.41, 5.74) is 8.03. The molecule has 3 aromatic rings. The summed E-state index contributed by atoms with van der Waals surface area (Å²) in [5.74, 6) is -3.31. The lowest BCUT2D eigenvalue weighted by Gasteiger charge is -2.30. The molecule has 6 atom stereocenters. The third-order valence-corrected chi connectivity index (χ3v) is 8.28. The number of hydrogen-bond acceptors (Lipinski definition) is 7. The van der Waals surface area contributed by atoms with Crippen molar-refractivity contribution in [3.05, 3.63) is 108 Å². The number of hydrogen-bond donors (Lipinski definition) is 6. The number of aliphatic hydroxyl groups excluding tert-OH is 1. The van der Waals surface area contributed by atoms with Crippen LogP contribution in [0.5, 0.6) is 0 Å². The van der Waals surface area contributed by atoms with E-state index in [4.69, 9.17) is 10.5 Å². The molecule has 0 aliphatic rings. The number of benzene rings is 3. The van der Waals surface area contributed by atoms with Crippen molar-refractivity contribution in [3.8, 4) is 0 Å². The fourth-order valence-electron chi connectivity index (χ4n) is 5.34. The lowest BCUT2D eigenvalue weighted by atomic mass is 9.88. The number of amides is 5. The fourth-order valence-corrected chi connectivity index (χ4v) is 5.34. The zero-order valence-corrected chi connectivity index (χ0v) is 29.0. The van der Waals surface area contributed by atoms with E-state index in [0.717, 1.165) is 16.7 Å². The van der Waals surface area contributed by atoms with Crippen molar-refractivity contribution in [3.63, 3.8) is 0 Å². The standard InChI is InChI=1S/C38H49N5O7/c1-24(2)33(34(39)45)43-37(48)30(20-27-14-8-5-9-15-27)22-32(44)31(21-28-16-10-6-11-17-28)42-36(47)25(3)40-35(46)26(4)41-38(49)50-23-29-18-12-7-13-19-29/h5-19,24-26,30-33,44H,20-23H2,1-4H3,(H2,39,45)(H,40,46)(H,41,49)(H,42,47)(H,43,48)/t25-,26-,30?,31-,32-,33+/m0/s1. The molecule has 0 bridgehead atoms. The van der Waals surface area contributed by atoms with Crippen LogP contribution in [0, 0.1) is 11.8 Å². The summed E-state index contributed by atoms with van der Waals surface area (Å²) in [6.45, 7) is 6.53. The highest BCUT2D eigenvalue weighted by Gasteiger charge is 2.32. The lowest BCUT2D eigenvalue weighted by molar-refractivity contribution is -0.132. The van der Waals surface area contributed by atoms with Gasteiger partial charge in [-0.1, -0.05) is 105 Å². The Kier molecular flexibility index (Phi) is 15.4. The number of rotatable bonds is 18. The smallest absolute Gasteiger partial charge is 0.408 e. The van der Waals surface area contributed by atoms with Gasteiger partial charge in [0.15, 0.2) is 0 Å². The first-order chi connectivity index (χ1) is 23.8. The first kappa shape index (κ1) is 39.2. The number of nitrogens with one attached hydrogen (secondary N) is 4. The number of primary amides is 1. The zero-order valence-electron chi connectivity index (χ0n) is 29.0. The highest BCUT2D eigenvalue weighted by atomic mass is 16.5. The third kappa shape index (κ3) is 13.0. The minimum atomic E-state index is -1.20. The van der Waals surface area contributed by atoms with Gasteiger partial charge in [-0.25, -0.2) is 4.79 Å². The molecule has 0 fully saturated rings. The third-order valence-electron chi connectivity index (χ3n) is 8.28. The predicted molar refractivity (Wildman–Crippen MR) is 189 cm³/mol. The first-order valence-electron chi connectivity index (χ1n) is 16.8. The van der Waals surface area contributed by atoms with E-state index in [1.54, 1.807) is 26.0 Å². The van der Waals surface area contributed by atoms with Gasteiger partial charge in [-0.3, -0.25) is 19.2 Å². The van der Waals surface area contributed by atoms with Crippen molar-refractivity contribution in [1.29, 1.82) is 0 Å². The molecule has 0 aliphatic carbocycles. The van der Waals surface area contributed by atoms with Gasteiger partial charge in [0.1, 0.15) is 24.7 Å². The minimum absolute atomic E-state index is 0.0300. The van der Waals surface area contributed by atoms with E-state index < -0.39 is 65.9 Å². The van der Waals surface area contributed by atoms with Gasteiger partial charge >= 0.3 is 6.09 Å². The molecular weight excluding hydrogens is 638 g/mol. The zero-order chi connectivity index (χ0) is 36.6. The topological polar surface area (TPSA) is 189 Å². The molecule has 3 aromatic carbocycles. The van der Waals surface area contributed by atoms with Crippen molar-refractivity contribution in [2.24, 2.45) is 17.6 Å². The number of carbonyl (C=O) groups excluding carboxylic acids is 5. The maximum absolute atomic E-state index is 13.6.